The molecule has 0 atom stereocenters. The summed E-state index contributed by atoms with van der Waals surface area (Å²) in [5.41, 5.74) is 4.01. The number of nitrogens with one attached hydrogen (secondary N) is 1. The van der Waals surface area contributed by atoms with Gasteiger partial charge in [-0.25, -0.2) is 0 Å². The van der Waals surface area contributed by atoms with Gasteiger partial charge in [0.2, 0.25) is 0 Å². The molecular weight excluding hydrogens is 186 g/mol. The van der Waals surface area contributed by atoms with Crippen LogP contribution in [0.5, 0.6) is 0 Å². The van der Waals surface area contributed by atoms with Crippen molar-refractivity contribution in [2.75, 3.05) is 5.32 Å². The third-order valence-electron chi connectivity index (χ3n) is 2.39. The molecule has 3 rings (SSSR count). The van der Waals surface area contributed by atoms with Gasteiger partial charge in [-0.2, -0.15) is 0 Å². The average Bonchev–Trinajstić information content (AvgIpc) is 2.54. The smallest absolute Gasteiger partial charge is 0.0979 e. The van der Waals surface area contributed by atoms with Gasteiger partial charge < -0.3 is 5.32 Å². The Labute approximate surface area is 87.2 Å². The molecule has 0 saturated carbocycles. The van der Waals surface area contributed by atoms with E-state index in [0.717, 1.165) is 22.3 Å². The summed E-state index contributed by atoms with van der Waals surface area (Å²) in [6, 6.07) is 3.99. The quantitative estimate of drug-likeness (QED) is 0.702. The molecule has 0 spiro atoms. The molecule has 0 amide bonds. The normalized spacial score (nSPS) is 13.3. The van der Waals surface area contributed by atoms with Gasteiger partial charge in [0.05, 0.1) is 11.0 Å². The molecule has 0 saturated heterocycles. The standard InChI is InChI=1S/C12H9N3/c1-2-6-13-10-4-5-11-12(9(10)3-1)15-8-7-14-11/h1-8,13H. The highest BCUT2D eigenvalue weighted by Crippen LogP contribution is 2.25. The van der Waals surface area contributed by atoms with Gasteiger partial charge in [0.1, 0.15) is 0 Å². The lowest BCUT2D eigenvalue weighted by Gasteiger charge is -2.06. The first-order valence-corrected chi connectivity index (χ1v) is 4.78. The summed E-state index contributed by atoms with van der Waals surface area (Å²) in [5.74, 6) is 0. The second kappa shape index (κ2) is 3.20. The molecule has 2 heterocycles. The second-order valence-corrected chi connectivity index (χ2v) is 3.31. The Balaban J connectivity index is 2.38. The van der Waals surface area contributed by atoms with Gasteiger partial charge in [-0.3, -0.25) is 9.97 Å². The van der Waals surface area contributed by atoms with Gasteiger partial charge in [-0.05, 0) is 18.2 Å². The first-order valence-electron chi connectivity index (χ1n) is 4.78. The van der Waals surface area contributed by atoms with Crippen LogP contribution in [-0.4, -0.2) is 9.97 Å². The topological polar surface area (TPSA) is 37.8 Å². The van der Waals surface area contributed by atoms with Gasteiger partial charge in [0.25, 0.3) is 0 Å². The monoisotopic (exact) mass is 195 g/mol. The Hall–Kier alpha value is -2.16. The Morgan fingerprint density at radius 3 is 2.93 bits per heavy atom. The number of nitrogens with zero attached hydrogens (tertiary/aromatic N) is 2. The predicted molar refractivity (Wildman–Crippen MR) is 61.3 cm³/mol. The molecular formula is C12H9N3. The fourth-order valence-electron chi connectivity index (χ4n) is 1.70. The fourth-order valence-corrected chi connectivity index (χ4v) is 1.70. The number of anilines is 1. The summed E-state index contributed by atoms with van der Waals surface area (Å²) in [6.45, 7) is 0. The van der Waals surface area contributed by atoms with Crippen LogP contribution in [0.4, 0.5) is 5.69 Å². The summed E-state index contributed by atoms with van der Waals surface area (Å²) in [6.07, 6.45) is 11.3. The second-order valence-electron chi connectivity index (χ2n) is 3.31. The van der Waals surface area contributed by atoms with E-state index in [2.05, 4.69) is 15.3 Å². The summed E-state index contributed by atoms with van der Waals surface area (Å²) in [5, 5.41) is 3.21. The van der Waals surface area contributed by atoms with Crippen LogP contribution in [0.1, 0.15) is 5.56 Å². The van der Waals surface area contributed by atoms with Crippen LogP contribution in [0.25, 0.3) is 17.1 Å². The molecule has 0 bridgehead atoms. The van der Waals surface area contributed by atoms with E-state index in [0.29, 0.717) is 0 Å². The highest BCUT2D eigenvalue weighted by Gasteiger charge is 2.06. The van der Waals surface area contributed by atoms with E-state index in [1.165, 1.54) is 0 Å². The Kier molecular flexibility index (Phi) is 1.75. The third kappa shape index (κ3) is 1.29. The Bertz CT molecular complexity index is 570. The van der Waals surface area contributed by atoms with Gasteiger partial charge in [-0.15, -0.1) is 0 Å². The van der Waals surface area contributed by atoms with Crippen molar-refractivity contribution in [3.05, 3.63) is 48.4 Å². The van der Waals surface area contributed by atoms with Gasteiger partial charge in [0.15, 0.2) is 0 Å². The molecule has 1 aliphatic heterocycles. The molecule has 3 nitrogen and oxygen atoms in total. The number of aromatic nitrogens is 2. The summed E-state index contributed by atoms with van der Waals surface area (Å²) >= 11 is 0. The minimum atomic E-state index is 0.921. The molecule has 1 aromatic carbocycles. The molecule has 72 valence electrons. The van der Waals surface area contributed by atoms with E-state index >= 15 is 0 Å². The summed E-state index contributed by atoms with van der Waals surface area (Å²) in [7, 11) is 0. The maximum atomic E-state index is 4.35. The molecule has 0 fully saturated rings. The molecule has 2 aromatic rings. The molecule has 3 heteroatoms. The number of hydrogen-bond donors (Lipinski definition) is 1. The van der Waals surface area contributed by atoms with E-state index in [1.807, 2.05) is 36.6 Å². The van der Waals surface area contributed by atoms with E-state index in [1.54, 1.807) is 12.4 Å². The number of rotatable bonds is 0. The van der Waals surface area contributed by atoms with Crippen molar-refractivity contribution >= 4 is 22.8 Å². The highest BCUT2D eigenvalue weighted by molar-refractivity contribution is 5.91. The van der Waals surface area contributed by atoms with Crippen molar-refractivity contribution in [2.24, 2.45) is 0 Å². The molecule has 15 heavy (non-hydrogen) atoms. The lowest BCUT2D eigenvalue weighted by molar-refractivity contribution is 1.29. The van der Waals surface area contributed by atoms with Crippen LogP contribution in [0.3, 0.4) is 0 Å². The van der Waals surface area contributed by atoms with Crippen molar-refractivity contribution in [2.45, 2.75) is 0 Å². The first-order chi connectivity index (χ1) is 7.45. The van der Waals surface area contributed by atoms with Crippen molar-refractivity contribution in [1.82, 2.24) is 9.97 Å². The number of hydrogen-bond acceptors (Lipinski definition) is 3. The van der Waals surface area contributed by atoms with E-state index in [9.17, 15) is 0 Å². The number of benzene rings is 1. The van der Waals surface area contributed by atoms with Crippen molar-refractivity contribution in [3.8, 4) is 0 Å². The van der Waals surface area contributed by atoms with Crippen LogP contribution < -0.4 is 5.32 Å². The van der Waals surface area contributed by atoms with Gasteiger partial charge >= 0.3 is 0 Å². The third-order valence-corrected chi connectivity index (χ3v) is 2.39. The van der Waals surface area contributed by atoms with E-state index in [4.69, 9.17) is 0 Å². The van der Waals surface area contributed by atoms with E-state index < -0.39 is 0 Å². The van der Waals surface area contributed by atoms with Crippen LogP contribution >= 0.6 is 0 Å². The Morgan fingerprint density at radius 2 is 1.93 bits per heavy atom. The van der Waals surface area contributed by atoms with Crippen LogP contribution in [0.15, 0.2) is 42.9 Å². The average molecular weight is 195 g/mol. The summed E-state index contributed by atoms with van der Waals surface area (Å²) < 4.78 is 0. The molecule has 0 radical (unpaired) electrons. The zero-order valence-electron chi connectivity index (χ0n) is 8.01. The molecule has 0 aliphatic carbocycles. The lowest BCUT2D eigenvalue weighted by atomic mass is 10.1. The number of fused-ring (bicyclic) bond motifs is 3. The minimum absolute atomic E-state index is 0.921. The SMILES string of the molecule is C1=CNc2ccc3nccnc3c2C=C1. The highest BCUT2D eigenvalue weighted by atomic mass is 14.9. The largest absolute Gasteiger partial charge is 0.361 e. The fraction of sp³-hybridized carbons (Fsp3) is 0. The molecule has 1 aliphatic rings. The van der Waals surface area contributed by atoms with Crippen LogP contribution in [-0.2, 0) is 0 Å². The van der Waals surface area contributed by atoms with Gasteiger partial charge in [-0.1, -0.05) is 12.2 Å². The minimum Gasteiger partial charge on any atom is -0.361 e. The van der Waals surface area contributed by atoms with Crippen LogP contribution in [0.2, 0.25) is 0 Å². The van der Waals surface area contributed by atoms with Gasteiger partial charge in [0, 0.05) is 29.8 Å². The molecule has 0 unspecified atom stereocenters. The van der Waals surface area contributed by atoms with Crippen LogP contribution in [0, 0.1) is 0 Å². The predicted octanol–water partition coefficient (Wildman–Crippen LogP) is 2.58. The van der Waals surface area contributed by atoms with E-state index in [-0.39, 0.29) is 0 Å². The first kappa shape index (κ1) is 8.17. The van der Waals surface area contributed by atoms with Crippen molar-refractivity contribution < 1.29 is 0 Å². The molecule has 1 N–H and O–H groups in total. The Morgan fingerprint density at radius 1 is 1.00 bits per heavy atom. The molecule has 1 aromatic heterocycles. The lowest BCUT2D eigenvalue weighted by Crippen LogP contribution is -1.92. The zero-order chi connectivity index (χ0) is 10.1. The van der Waals surface area contributed by atoms with Crippen molar-refractivity contribution in [3.63, 3.8) is 0 Å². The summed E-state index contributed by atoms with van der Waals surface area (Å²) in [4.78, 5) is 8.63. The van der Waals surface area contributed by atoms with Crippen molar-refractivity contribution in [1.29, 1.82) is 0 Å². The number of allylic oxidation sites excluding steroid dienone is 2. The zero-order valence-corrected chi connectivity index (χ0v) is 8.01. The maximum Gasteiger partial charge on any atom is 0.0979 e. The maximum absolute atomic E-state index is 4.35.